The van der Waals surface area contributed by atoms with Crippen molar-refractivity contribution in [2.75, 3.05) is 0 Å². The molecule has 0 bridgehead atoms. The van der Waals surface area contributed by atoms with Crippen LogP contribution in [-0.4, -0.2) is 24.5 Å². The van der Waals surface area contributed by atoms with Crippen LogP contribution < -0.4 is 15.4 Å². The molecule has 1 aromatic rings. The Balaban J connectivity index is 1.79. The largest absolute Gasteiger partial charge is 0.435 e. The molecule has 1 aliphatic heterocycles. The number of ether oxygens (including phenoxy) is 1. The van der Waals surface area contributed by atoms with Crippen LogP contribution in [0.15, 0.2) is 29.3 Å². The lowest BCUT2D eigenvalue weighted by molar-refractivity contribution is -0.123. The Morgan fingerprint density at radius 3 is 2.57 bits per heavy atom. The van der Waals surface area contributed by atoms with Crippen LogP contribution in [0.3, 0.4) is 0 Å². The van der Waals surface area contributed by atoms with Gasteiger partial charge < -0.3 is 10.1 Å². The van der Waals surface area contributed by atoms with Gasteiger partial charge in [-0.25, -0.2) is 4.99 Å². The summed E-state index contributed by atoms with van der Waals surface area (Å²) in [6, 6.07) is 6.29. The topological polar surface area (TPSA) is 62.7 Å². The van der Waals surface area contributed by atoms with Gasteiger partial charge in [-0.3, -0.25) is 10.1 Å². The van der Waals surface area contributed by atoms with Crippen molar-refractivity contribution in [1.29, 1.82) is 0 Å². The number of rotatable bonds is 4. The number of nitrogens with one attached hydrogen (secondary N) is 2. The summed E-state index contributed by atoms with van der Waals surface area (Å²) in [5, 5.41) is 5.78. The van der Waals surface area contributed by atoms with Gasteiger partial charge in [-0.15, -0.1) is 0 Å². The van der Waals surface area contributed by atoms with Gasteiger partial charge in [0.05, 0.1) is 6.04 Å². The maximum absolute atomic E-state index is 12.2. The van der Waals surface area contributed by atoms with E-state index in [1.807, 2.05) is 0 Å². The van der Waals surface area contributed by atoms with Crippen LogP contribution in [0.1, 0.15) is 25.3 Å². The van der Waals surface area contributed by atoms with Crippen molar-refractivity contribution >= 4 is 11.9 Å². The van der Waals surface area contributed by atoms with Crippen LogP contribution in [0.2, 0.25) is 0 Å². The van der Waals surface area contributed by atoms with Crippen molar-refractivity contribution in [2.45, 2.75) is 38.0 Å². The fourth-order valence-corrected chi connectivity index (χ4v) is 2.18. The van der Waals surface area contributed by atoms with E-state index in [0.717, 1.165) is 12.8 Å². The molecule has 5 nitrogen and oxygen atoms in total. The van der Waals surface area contributed by atoms with Gasteiger partial charge in [0.25, 0.3) is 5.91 Å². The lowest BCUT2D eigenvalue weighted by Crippen LogP contribution is -2.40. The highest BCUT2D eigenvalue weighted by Gasteiger charge is 2.43. The average Bonchev–Trinajstić information content (AvgIpc) is 3.17. The van der Waals surface area contributed by atoms with Gasteiger partial charge in [-0.05, 0) is 37.5 Å². The van der Waals surface area contributed by atoms with Gasteiger partial charge >= 0.3 is 6.61 Å². The number of guanidine groups is 1. The molecule has 1 atom stereocenters. The maximum Gasteiger partial charge on any atom is 0.387 e. The van der Waals surface area contributed by atoms with Gasteiger partial charge in [-0.1, -0.05) is 12.1 Å². The molecule has 21 heavy (non-hydrogen) atoms. The van der Waals surface area contributed by atoms with Crippen LogP contribution >= 0.6 is 0 Å². The van der Waals surface area contributed by atoms with Crippen molar-refractivity contribution in [2.24, 2.45) is 4.99 Å². The summed E-state index contributed by atoms with van der Waals surface area (Å²) in [5.41, 5.74) is -0.306. The number of amides is 1. The highest BCUT2D eigenvalue weighted by atomic mass is 19.3. The van der Waals surface area contributed by atoms with Gasteiger partial charge in [0.2, 0.25) is 0 Å². The lowest BCUT2D eigenvalue weighted by atomic mass is 9.92. The smallest absolute Gasteiger partial charge is 0.387 e. The first kappa shape index (κ1) is 13.8. The summed E-state index contributed by atoms with van der Waals surface area (Å²) in [6.07, 6.45) is 2.08. The van der Waals surface area contributed by atoms with E-state index in [1.54, 1.807) is 19.1 Å². The summed E-state index contributed by atoms with van der Waals surface area (Å²) < 4.78 is 28.5. The van der Waals surface area contributed by atoms with Gasteiger partial charge in [0.15, 0.2) is 5.96 Å². The molecule has 112 valence electrons. The second kappa shape index (κ2) is 4.98. The van der Waals surface area contributed by atoms with Crippen molar-refractivity contribution in [3.8, 4) is 5.75 Å². The molecule has 3 rings (SSSR count). The standard InChI is InChI=1S/C14H15F2N3O2/c1-14(8-2-6-10(7-3-8)21-12(15)16)11(20)18-13(19-14)17-9-4-5-9/h2-3,6-7,9,12H,4-5H2,1H3,(H2,17,18,19,20). The third-order valence-corrected chi connectivity index (χ3v) is 3.57. The molecule has 1 aliphatic carbocycles. The van der Waals surface area contributed by atoms with Crippen LogP contribution in [-0.2, 0) is 10.3 Å². The minimum Gasteiger partial charge on any atom is -0.435 e. The molecular weight excluding hydrogens is 280 g/mol. The molecule has 2 aliphatic rings. The van der Waals surface area contributed by atoms with Crippen LogP contribution in [0.25, 0.3) is 0 Å². The van der Waals surface area contributed by atoms with Crippen molar-refractivity contribution in [3.63, 3.8) is 0 Å². The van der Waals surface area contributed by atoms with E-state index in [1.165, 1.54) is 12.1 Å². The zero-order valence-corrected chi connectivity index (χ0v) is 11.4. The fraction of sp³-hybridized carbons (Fsp3) is 0.429. The monoisotopic (exact) mass is 295 g/mol. The summed E-state index contributed by atoms with van der Waals surface area (Å²) in [5.74, 6) is 0.310. The third kappa shape index (κ3) is 2.81. The summed E-state index contributed by atoms with van der Waals surface area (Å²) in [4.78, 5) is 16.5. The Bertz CT molecular complexity index is 584. The number of carbonyl (C=O) groups is 1. The normalized spacial score (nSPS) is 26.9. The van der Waals surface area contributed by atoms with Crippen LogP contribution in [0, 0.1) is 0 Å². The molecule has 2 N–H and O–H groups in total. The fourth-order valence-electron chi connectivity index (χ4n) is 2.18. The molecule has 1 unspecified atom stereocenters. The molecule has 1 saturated carbocycles. The highest BCUT2D eigenvalue weighted by molar-refractivity contribution is 6.09. The molecule has 1 aromatic carbocycles. The Morgan fingerprint density at radius 2 is 2.00 bits per heavy atom. The van der Waals surface area contributed by atoms with Crippen LogP contribution in [0.5, 0.6) is 5.75 Å². The molecule has 2 fully saturated rings. The summed E-state index contributed by atoms with van der Waals surface area (Å²) in [7, 11) is 0. The first-order chi connectivity index (χ1) is 9.97. The van der Waals surface area contributed by atoms with Gasteiger partial charge in [-0.2, -0.15) is 8.78 Å². The Morgan fingerprint density at radius 1 is 1.33 bits per heavy atom. The molecule has 1 amide bonds. The Labute approximate surface area is 120 Å². The van der Waals surface area contributed by atoms with Gasteiger partial charge in [0.1, 0.15) is 11.3 Å². The number of halogens is 2. The van der Waals surface area contributed by atoms with E-state index in [9.17, 15) is 13.6 Å². The zero-order valence-electron chi connectivity index (χ0n) is 11.4. The van der Waals surface area contributed by atoms with E-state index >= 15 is 0 Å². The zero-order chi connectivity index (χ0) is 15.0. The maximum atomic E-state index is 12.2. The SMILES string of the molecule is CC1(c2ccc(OC(F)F)cc2)NC(=NC2CC2)NC1=O. The second-order valence-electron chi connectivity index (χ2n) is 5.32. The van der Waals surface area contributed by atoms with E-state index in [4.69, 9.17) is 0 Å². The minimum absolute atomic E-state index is 0.0580. The molecule has 0 spiro atoms. The molecule has 0 aromatic heterocycles. The van der Waals surface area contributed by atoms with E-state index in [0.29, 0.717) is 11.5 Å². The second-order valence-corrected chi connectivity index (χ2v) is 5.32. The van der Waals surface area contributed by atoms with E-state index in [2.05, 4.69) is 20.4 Å². The van der Waals surface area contributed by atoms with Crippen molar-refractivity contribution < 1.29 is 18.3 Å². The third-order valence-electron chi connectivity index (χ3n) is 3.57. The number of hydrogen-bond donors (Lipinski definition) is 2. The number of nitrogens with zero attached hydrogens (tertiary/aromatic N) is 1. The molecule has 1 saturated heterocycles. The molecule has 7 heteroatoms. The highest BCUT2D eigenvalue weighted by Crippen LogP contribution is 2.28. The predicted molar refractivity (Wildman–Crippen MR) is 72.2 cm³/mol. The average molecular weight is 295 g/mol. The summed E-state index contributed by atoms with van der Waals surface area (Å²) >= 11 is 0. The quantitative estimate of drug-likeness (QED) is 0.889. The van der Waals surface area contributed by atoms with Crippen molar-refractivity contribution in [3.05, 3.63) is 29.8 Å². The predicted octanol–water partition coefficient (Wildman–Crippen LogP) is 1.74. The number of aliphatic imine (C=N–C) groups is 1. The minimum atomic E-state index is -2.86. The Kier molecular flexibility index (Phi) is 3.27. The Hall–Kier alpha value is -2.18. The number of hydrogen-bond acceptors (Lipinski definition) is 3. The van der Waals surface area contributed by atoms with Crippen molar-refractivity contribution in [1.82, 2.24) is 10.6 Å². The first-order valence-corrected chi connectivity index (χ1v) is 6.70. The van der Waals surface area contributed by atoms with E-state index in [-0.39, 0.29) is 17.7 Å². The van der Waals surface area contributed by atoms with Crippen LogP contribution in [0.4, 0.5) is 8.78 Å². The first-order valence-electron chi connectivity index (χ1n) is 6.70. The lowest BCUT2D eigenvalue weighted by Gasteiger charge is -2.21. The number of alkyl halides is 2. The molecular formula is C14H15F2N3O2. The molecule has 1 heterocycles. The summed E-state index contributed by atoms with van der Waals surface area (Å²) in [6.45, 7) is -1.14. The number of benzene rings is 1. The van der Waals surface area contributed by atoms with Gasteiger partial charge in [0, 0.05) is 0 Å². The molecule has 0 radical (unpaired) electrons. The van der Waals surface area contributed by atoms with E-state index < -0.39 is 12.2 Å². The number of carbonyl (C=O) groups excluding carboxylic acids is 1.